The summed E-state index contributed by atoms with van der Waals surface area (Å²) < 4.78 is 6.43. The van der Waals surface area contributed by atoms with Crippen LogP contribution in [0, 0.1) is 11.8 Å². The van der Waals surface area contributed by atoms with Gasteiger partial charge in [-0.3, -0.25) is 4.79 Å². The molecule has 0 spiro atoms. The van der Waals surface area contributed by atoms with E-state index in [2.05, 4.69) is 37.1 Å². The fraction of sp³-hybridized carbons (Fsp3) is 0.500. The number of carbonyl (C=O) groups is 1. The molecular weight excluding hydrogens is 536 g/mol. The Hall–Kier alpha value is -2.80. The first-order chi connectivity index (χ1) is 19.7. The van der Waals surface area contributed by atoms with Gasteiger partial charge in [0.25, 0.3) is 0 Å². The molecule has 0 bridgehead atoms. The van der Waals surface area contributed by atoms with Gasteiger partial charge in [0.2, 0.25) is 5.91 Å². The second kappa shape index (κ2) is 14.4. The zero-order valence-corrected chi connectivity index (χ0v) is 25.2. The van der Waals surface area contributed by atoms with E-state index in [1.807, 2.05) is 24.3 Å². The smallest absolute Gasteiger partial charge is 0.225 e. The molecule has 5 unspecified atom stereocenters. The van der Waals surface area contributed by atoms with Crippen LogP contribution < -0.4 is 9.64 Å². The first-order valence-electron chi connectivity index (χ1n) is 14.9. The SMILES string of the molecule is C=CCCN(C)C(=O)CC(O)c1ccc2c(c1)N(CC1CCC1C(O)C=C)CC(c1ccc(Cl)cc1CCC)CO2. The van der Waals surface area contributed by atoms with Crippen LogP contribution in [0.5, 0.6) is 5.75 Å². The minimum atomic E-state index is -0.925. The number of ether oxygens (including phenoxy) is 1. The Labute approximate surface area is 250 Å². The Morgan fingerprint density at radius 2 is 2.02 bits per heavy atom. The second-order valence-corrected chi connectivity index (χ2v) is 12.0. The van der Waals surface area contributed by atoms with Crippen LogP contribution in [-0.4, -0.2) is 60.4 Å². The summed E-state index contributed by atoms with van der Waals surface area (Å²) in [6.07, 6.45) is 6.70. The van der Waals surface area contributed by atoms with Crippen molar-refractivity contribution >= 4 is 23.2 Å². The summed E-state index contributed by atoms with van der Waals surface area (Å²) >= 11 is 6.38. The van der Waals surface area contributed by atoms with Crippen LogP contribution in [0.2, 0.25) is 5.02 Å². The highest BCUT2D eigenvalue weighted by Gasteiger charge is 2.38. The number of hydrogen-bond acceptors (Lipinski definition) is 5. The van der Waals surface area contributed by atoms with Crippen molar-refractivity contribution in [2.24, 2.45) is 11.8 Å². The van der Waals surface area contributed by atoms with Crippen LogP contribution in [0.25, 0.3) is 0 Å². The van der Waals surface area contributed by atoms with E-state index < -0.39 is 12.2 Å². The van der Waals surface area contributed by atoms with Crippen LogP contribution in [0.4, 0.5) is 5.69 Å². The minimum Gasteiger partial charge on any atom is -0.491 e. The van der Waals surface area contributed by atoms with Gasteiger partial charge >= 0.3 is 0 Å². The first kappa shape index (κ1) is 31.1. The molecule has 1 amide bonds. The third kappa shape index (κ3) is 7.54. The lowest BCUT2D eigenvalue weighted by Crippen LogP contribution is -2.43. The Balaban J connectivity index is 1.63. The van der Waals surface area contributed by atoms with Crippen LogP contribution in [0.15, 0.2) is 61.7 Å². The van der Waals surface area contributed by atoms with Crippen molar-refractivity contribution in [3.8, 4) is 5.75 Å². The predicted octanol–water partition coefficient (Wildman–Crippen LogP) is 6.31. The van der Waals surface area contributed by atoms with E-state index >= 15 is 0 Å². The second-order valence-electron chi connectivity index (χ2n) is 11.6. The molecule has 0 aromatic heterocycles. The maximum absolute atomic E-state index is 12.7. The molecular formula is C34H45ClN2O4. The number of fused-ring (bicyclic) bond motifs is 1. The summed E-state index contributed by atoms with van der Waals surface area (Å²) in [6.45, 7) is 12.3. The van der Waals surface area contributed by atoms with Gasteiger partial charge in [0.1, 0.15) is 5.75 Å². The lowest BCUT2D eigenvalue weighted by molar-refractivity contribution is -0.132. The van der Waals surface area contributed by atoms with Crippen LogP contribution in [0.1, 0.15) is 67.7 Å². The molecule has 222 valence electrons. The summed E-state index contributed by atoms with van der Waals surface area (Å²) in [6, 6.07) is 11.9. The maximum atomic E-state index is 12.7. The molecule has 1 saturated carbocycles. The van der Waals surface area contributed by atoms with E-state index in [1.54, 1.807) is 24.1 Å². The van der Waals surface area contributed by atoms with Crippen molar-refractivity contribution < 1.29 is 19.7 Å². The van der Waals surface area contributed by atoms with Crippen molar-refractivity contribution in [1.29, 1.82) is 0 Å². The number of hydrogen-bond donors (Lipinski definition) is 2. The fourth-order valence-corrected chi connectivity index (χ4v) is 6.31. The highest BCUT2D eigenvalue weighted by Crippen LogP contribution is 2.43. The Bertz CT molecular complexity index is 1220. The largest absolute Gasteiger partial charge is 0.491 e. The van der Waals surface area contributed by atoms with Crippen molar-refractivity contribution in [3.05, 3.63) is 83.4 Å². The number of benzene rings is 2. The molecule has 4 rings (SSSR count). The van der Waals surface area contributed by atoms with E-state index in [4.69, 9.17) is 16.3 Å². The molecule has 1 fully saturated rings. The van der Waals surface area contributed by atoms with Crippen molar-refractivity contribution in [1.82, 2.24) is 4.90 Å². The van der Waals surface area contributed by atoms with E-state index in [-0.39, 0.29) is 24.2 Å². The number of halogens is 1. The number of aliphatic hydroxyl groups excluding tert-OH is 2. The average molecular weight is 581 g/mol. The monoisotopic (exact) mass is 580 g/mol. The summed E-state index contributed by atoms with van der Waals surface area (Å²) in [5.74, 6) is 1.29. The number of amides is 1. The Morgan fingerprint density at radius 3 is 2.71 bits per heavy atom. The van der Waals surface area contributed by atoms with Gasteiger partial charge in [0.15, 0.2) is 0 Å². The summed E-state index contributed by atoms with van der Waals surface area (Å²) in [4.78, 5) is 16.7. The number of aryl methyl sites for hydroxylation is 1. The lowest BCUT2D eigenvalue weighted by atomic mass is 9.70. The number of anilines is 1. The number of rotatable bonds is 13. The molecule has 1 aliphatic carbocycles. The number of carbonyl (C=O) groups excluding carboxylic acids is 1. The van der Waals surface area contributed by atoms with Crippen molar-refractivity contribution in [2.75, 3.05) is 38.2 Å². The predicted molar refractivity (Wildman–Crippen MR) is 167 cm³/mol. The molecule has 1 aliphatic heterocycles. The van der Waals surface area contributed by atoms with Gasteiger partial charge in [-0.2, -0.15) is 0 Å². The Kier molecular flexibility index (Phi) is 10.9. The molecule has 0 saturated heterocycles. The van der Waals surface area contributed by atoms with Gasteiger partial charge in [-0.05, 0) is 78.5 Å². The molecule has 0 radical (unpaired) electrons. The van der Waals surface area contributed by atoms with E-state index in [0.29, 0.717) is 31.1 Å². The summed E-state index contributed by atoms with van der Waals surface area (Å²) in [7, 11) is 1.75. The highest BCUT2D eigenvalue weighted by molar-refractivity contribution is 6.30. The molecule has 6 nitrogen and oxygen atoms in total. The third-order valence-electron chi connectivity index (χ3n) is 8.73. The maximum Gasteiger partial charge on any atom is 0.225 e. The third-order valence-corrected chi connectivity index (χ3v) is 8.96. The zero-order chi connectivity index (χ0) is 29.5. The molecule has 2 N–H and O–H groups in total. The van der Waals surface area contributed by atoms with Gasteiger partial charge in [0, 0.05) is 37.6 Å². The van der Waals surface area contributed by atoms with Gasteiger partial charge < -0.3 is 24.7 Å². The van der Waals surface area contributed by atoms with E-state index in [0.717, 1.165) is 55.2 Å². The molecule has 2 aliphatic rings. The first-order valence-corrected chi connectivity index (χ1v) is 15.3. The van der Waals surface area contributed by atoms with Gasteiger partial charge in [-0.25, -0.2) is 0 Å². The quantitative estimate of drug-likeness (QED) is 0.272. The van der Waals surface area contributed by atoms with E-state index in [1.165, 1.54) is 11.1 Å². The van der Waals surface area contributed by atoms with Gasteiger partial charge in [-0.1, -0.05) is 49.2 Å². The average Bonchev–Trinajstić information content (AvgIpc) is 3.13. The van der Waals surface area contributed by atoms with E-state index in [9.17, 15) is 15.0 Å². The van der Waals surface area contributed by atoms with Crippen molar-refractivity contribution in [3.63, 3.8) is 0 Å². The molecule has 1 heterocycles. The highest BCUT2D eigenvalue weighted by atomic mass is 35.5. The number of aliphatic hydroxyl groups is 2. The fourth-order valence-electron chi connectivity index (χ4n) is 6.12. The number of nitrogens with zero attached hydrogens (tertiary/aromatic N) is 2. The van der Waals surface area contributed by atoms with Crippen LogP contribution >= 0.6 is 11.6 Å². The van der Waals surface area contributed by atoms with Crippen LogP contribution in [-0.2, 0) is 11.2 Å². The van der Waals surface area contributed by atoms with Gasteiger partial charge in [-0.15, -0.1) is 13.2 Å². The van der Waals surface area contributed by atoms with Crippen LogP contribution in [0.3, 0.4) is 0 Å². The topological polar surface area (TPSA) is 73.2 Å². The lowest BCUT2D eigenvalue weighted by Gasteiger charge is -2.42. The normalized spacial score (nSPS) is 21.5. The molecule has 41 heavy (non-hydrogen) atoms. The molecule has 2 aromatic carbocycles. The molecule has 7 heteroatoms. The standard InChI is InChI=1S/C34H45ClN2O4/c1-5-8-16-36(4)34(40)19-32(39)24-11-15-33-30(18-24)37(20-25-10-13-29(25)31(38)7-3)21-26(22-41-33)28-14-12-27(35)17-23(28)9-6-2/h5,7,11-12,14-15,17-18,25-26,29,31-32,38-39H,1,3,6,8-10,13,16,19-22H2,2,4H3. The summed E-state index contributed by atoms with van der Waals surface area (Å²) in [5.41, 5.74) is 4.11. The summed E-state index contributed by atoms with van der Waals surface area (Å²) in [5, 5.41) is 22.4. The molecule has 5 atom stereocenters. The van der Waals surface area contributed by atoms with Crippen molar-refractivity contribution in [2.45, 2.75) is 63.6 Å². The Morgan fingerprint density at radius 1 is 1.22 bits per heavy atom. The molecule has 2 aromatic rings. The van der Waals surface area contributed by atoms with Gasteiger partial charge in [0.05, 0.1) is 30.9 Å². The minimum absolute atomic E-state index is 0.0112. The zero-order valence-electron chi connectivity index (χ0n) is 24.5.